The number of rotatable bonds is 2. The van der Waals surface area contributed by atoms with Crippen LogP contribution in [0.3, 0.4) is 0 Å². The van der Waals surface area contributed by atoms with E-state index in [4.69, 9.17) is 0 Å². The molecular weight excluding hydrogens is 392 g/mol. The topological polar surface area (TPSA) is 58.2 Å². The van der Waals surface area contributed by atoms with Crippen molar-refractivity contribution in [1.82, 2.24) is 5.32 Å². The molecule has 4 nitrogen and oxygen atoms in total. The van der Waals surface area contributed by atoms with Gasteiger partial charge in [0, 0.05) is 16.2 Å². The van der Waals surface area contributed by atoms with E-state index < -0.39 is 11.8 Å². The first-order chi connectivity index (χ1) is 12.6. The highest BCUT2D eigenvalue weighted by Gasteiger charge is 2.19. The van der Waals surface area contributed by atoms with E-state index in [9.17, 15) is 9.59 Å². The summed E-state index contributed by atoms with van der Waals surface area (Å²) < 4.78 is 0.980. The zero-order valence-corrected chi connectivity index (χ0v) is 17.4. The fourth-order valence-corrected chi connectivity index (χ4v) is 3.72. The molecule has 0 radical (unpaired) electrons. The van der Waals surface area contributed by atoms with Crippen molar-refractivity contribution >= 4 is 33.4 Å². The third-order valence-corrected chi connectivity index (χ3v) is 5.95. The summed E-state index contributed by atoms with van der Waals surface area (Å²) in [4.78, 5) is 24.5. The van der Waals surface area contributed by atoms with Crippen molar-refractivity contribution in [3.05, 3.63) is 28.2 Å². The number of hydrogen-bond acceptors (Lipinski definition) is 2. The molecule has 0 unspecified atom stereocenters. The molecule has 1 saturated carbocycles. The zero-order chi connectivity index (χ0) is 18.8. The lowest BCUT2D eigenvalue weighted by Gasteiger charge is -2.19. The summed E-state index contributed by atoms with van der Waals surface area (Å²) in [6.07, 6.45) is 13.2. The van der Waals surface area contributed by atoms with Gasteiger partial charge in [0.2, 0.25) is 0 Å². The van der Waals surface area contributed by atoms with Gasteiger partial charge in [-0.25, -0.2) is 0 Å². The molecule has 2 rings (SSSR count). The Morgan fingerprint density at radius 2 is 1.42 bits per heavy atom. The lowest BCUT2D eigenvalue weighted by Crippen LogP contribution is -2.41. The average Bonchev–Trinajstić information content (AvgIpc) is 2.60. The smallest absolute Gasteiger partial charge is 0.313 e. The Morgan fingerprint density at radius 1 is 0.885 bits per heavy atom. The van der Waals surface area contributed by atoms with Crippen molar-refractivity contribution in [3.8, 4) is 0 Å². The Hall–Kier alpha value is -1.36. The summed E-state index contributed by atoms with van der Waals surface area (Å²) in [6, 6.07) is 5.62. The minimum atomic E-state index is -0.585. The molecule has 0 bridgehead atoms. The lowest BCUT2D eigenvalue weighted by molar-refractivity contribution is -0.136. The van der Waals surface area contributed by atoms with Gasteiger partial charge >= 0.3 is 11.8 Å². The predicted octanol–water partition coefficient (Wildman–Crippen LogP) is 5.49. The Balaban J connectivity index is 1.85. The summed E-state index contributed by atoms with van der Waals surface area (Å²) in [6.45, 7) is 1.95. The summed E-state index contributed by atoms with van der Waals surface area (Å²) >= 11 is 3.43. The van der Waals surface area contributed by atoms with E-state index in [1.807, 2.05) is 19.1 Å². The van der Waals surface area contributed by atoms with Gasteiger partial charge in [0.1, 0.15) is 0 Å². The maximum absolute atomic E-state index is 12.3. The molecule has 0 atom stereocenters. The zero-order valence-electron chi connectivity index (χ0n) is 15.8. The molecule has 0 heterocycles. The normalized spacial score (nSPS) is 17.6. The third kappa shape index (κ3) is 7.48. The van der Waals surface area contributed by atoms with Crippen molar-refractivity contribution in [1.29, 1.82) is 0 Å². The van der Waals surface area contributed by atoms with E-state index >= 15 is 0 Å². The lowest BCUT2D eigenvalue weighted by atomic mass is 9.98. The first kappa shape index (κ1) is 20.9. The SMILES string of the molecule is Cc1cc(NC(=O)C(=O)NC2CCCCCCCCCCC2)ccc1Br. The molecule has 1 aliphatic carbocycles. The fourth-order valence-electron chi connectivity index (χ4n) is 3.47. The van der Waals surface area contributed by atoms with Crippen LogP contribution in [0.5, 0.6) is 0 Å². The van der Waals surface area contributed by atoms with Crippen LogP contribution in [0.15, 0.2) is 22.7 Å². The van der Waals surface area contributed by atoms with Crippen LogP contribution in [-0.4, -0.2) is 17.9 Å². The molecule has 1 aliphatic rings. The van der Waals surface area contributed by atoms with Crippen LogP contribution in [0.1, 0.15) is 76.2 Å². The van der Waals surface area contributed by atoms with Gasteiger partial charge in [-0.15, -0.1) is 0 Å². The molecule has 1 aromatic carbocycles. The molecule has 2 amide bonds. The number of hydrogen-bond donors (Lipinski definition) is 2. The molecule has 0 spiro atoms. The minimum absolute atomic E-state index is 0.110. The Kier molecular flexibility index (Phi) is 9.16. The van der Waals surface area contributed by atoms with Gasteiger partial charge in [-0.3, -0.25) is 9.59 Å². The van der Waals surface area contributed by atoms with E-state index in [2.05, 4.69) is 26.6 Å². The number of carbonyl (C=O) groups is 2. The molecule has 5 heteroatoms. The molecule has 1 aromatic rings. The van der Waals surface area contributed by atoms with Gasteiger partial charge in [-0.2, -0.15) is 0 Å². The fraction of sp³-hybridized carbons (Fsp3) is 0.619. The molecule has 0 saturated heterocycles. The highest BCUT2D eigenvalue weighted by Crippen LogP contribution is 2.20. The van der Waals surface area contributed by atoms with Gasteiger partial charge in [-0.05, 0) is 43.5 Å². The Bertz CT molecular complexity index is 592. The highest BCUT2D eigenvalue weighted by molar-refractivity contribution is 9.10. The molecular formula is C21H31BrN2O2. The number of benzene rings is 1. The Labute approximate surface area is 165 Å². The number of halogens is 1. The second kappa shape index (κ2) is 11.4. The van der Waals surface area contributed by atoms with Gasteiger partial charge < -0.3 is 10.6 Å². The molecule has 26 heavy (non-hydrogen) atoms. The molecule has 144 valence electrons. The summed E-state index contributed by atoms with van der Waals surface area (Å²) in [7, 11) is 0. The van der Waals surface area contributed by atoms with Crippen molar-refractivity contribution in [2.45, 2.75) is 83.6 Å². The summed E-state index contributed by atoms with van der Waals surface area (Å²) in [5.41, 5.74) is 1.66. The van der Waals surface area contributed by atoms with Gasteiger partial charge in [0.05, 0.1) is 0 Å². The Morgan fingerprint density at radius 3 is 1.96 bits per heavy atom. The molecule has 1 fully saturated rings. The number of aryl methyl sites for hydroxylation is 1. The van der Waals surface area contributed by atoms with Crippen LogP contribution in [0.2, 0.25) is 0 Å². The first-order valence-electron chi connectivity index (χ1n) is 9.94. The van der Waals surface area contributed by atoms with Crippen molar-refractivity contribution < 1.29 is 9.59 Å². The van der Waals surface area contributed by atoms with Crippen LogP contribution < -0.4 is 10.6 Å². The maximum atomic E-state index is 12.3. The van der Waals surface area contributed by atoms with Crippen LogP contribution in [0, 0.1) is 6.92 Å². The van der Waals surface area contributed by atoms with Gasteiger partial charge in [-0.1, -0.05) is 73.7 Å². The number of amides is 2. The van der Waals surface area contributed by atoms with Crippen molar-refractivity contribution in [2.75, 3.05) is 5.32 Å². The van der Waals surface area contributed by atoms with Gasteiger partial charge in [0.25, 0.3) is 0 Å². The highest BCUT2D eigenvalue weighted by atomic mass is 79.9. The standard InChI is InChI=1S/C21H31BrN2O2/c1-16-15-18(13-14-19(16)22)24-21(26)20(25)23-17-11-9-7-5-3-2-4-6-8-10-12-17/h13-15,17H,2-12H2,1H3,(H,23,25)(H,24,26). The average molecular weight is 423 g/mol. The van der Waals surface area contributed by atoms with E-state index in [0.717, 1.165) is 35.7 Å². The largest absolute Gasteiger partial charge is 0.345 e. The van der Waals surface area contributed by atoms with Crippen molar-refractivity contribution in [2.24, 2.45) is 0 Å². The van der Waals surface area contributed by atoms with Crippen LogP contribution >= 0.6 is 15.9 Å². The first-order valence-corrected chi connectivity index (χ1v) is 10.7. The maximum Gasteiger partial charge on any atom is 0.313 e. The molecule has 0 aliphatic heterocycles. The predicted molar refractivity (Wildman–Crippen MR) is 110 cm³/mol. The van der Waals surface area contributed by atoms with E-state index in [1.54, 1.807) is 6.07 Å². The van der Waals surface area contributed by atoms with Crippen LogP contribution in [0.25, 0.3) is 0 Å². The summed E-state index contributed by atoms with van der Waals surface area (Å²) in [5, 5.41) is 5.65. The second-order valence-corrected chi connectivity index (χ2v) is 8.20. The minimum Gasteiger partial charge on any atom is -0.345 e. The van der Waals surface area contributed by atoms with E-state index in [-0.39, 0.29) is 6.04 Å². The van der Waals surface area contributed by atoms with E-state index in [1.165, 1.54) is 44.9 Å². The number of carbonyl (C=O) groups excluding carboxylic acids is 2. The summed E-state index contributed by atoms with van der Waals surface area (Å²) in [5.74, 6) is -1.11. The monoisotopic (exact) mass is 422 g/mol. The number of anilines is 1. The van der Waals surface area contributed by atoms with E-state index in [0.29, 0.717) is 5.69 Å². The number of nitrogens with one attached hydrogen (secondary N) is 2. The molecule has 0 aromatic heterocycles. The van der Waals surface area contributed by atoms with Crippen LogP contribution in [-0.2, 0) is 9.59 Å². The van der Waals surface area contributed by atoms with Crippen molar-refractivity contribution in [3.63, 3.8) is 0 Å². The van der Waals surface area contributed by atoms with Crippen LogP contribution in [0.4, 0.5) is 5.69 Å². The second-order valence-electron chi connectivity index (χ2n) is 7.35. The molecule has 2 N–H and O–H groups in total. The van der Waals surface area contributed by atoms with Gasteiger partial charge in [0.15, 0.2) is 0 Å². The quantitative estimate of drug-likeness (QED) is 0.619. The third-order valence-electron chi connectivity index (χ3n) is 5.06.